The molecule has 0 unspecified atom stereocenters. The Kier molecular flexibility index (Phi) is 2.62. The van der Waals surface area contributed by atoms with Crippen molar-refractivity contribution in [3.63, 3.8) is 0 Å². The zero-order valence-corrected chi connectivity index (χ0v) is 10.8. The molecule has 0 saturated heterocycles. The molecule has 3 nitrogen and oxygen atoms in total. The van der Waals surface area contributed by atoms with Crippen LogP contribution in [0.25, 0.3) is 10.9 Å². The van der Waals surface area contributed by atoms with E-state index in [2.05, 4.69) is 17.1 Å². The van der Waals surface area contributed by atoms with E-state index in [1.54, 1.807) is 0 Å². The highest BCUT2D eigenvalue weighted by atomic mass is 16.5. The van der Waals surface area contributed by atoms with Gasteiger partial charge in [-0.05, 0) is 55.0 Å². The molecule has 0 bridgehead atoms. The minimum absolute atomic E-state index is 0.181. The van der Waals surface area contributed by atoms with E-state index >= 15 is 0 Å². The first kappa shape index (κ1) is 11.3. The van der Waals surface area contributed by atoms with Crippen LogP contribution in [0.3, 0.4) is 0 Å². The first-order valence-electron chi connectivity index (χ1n) is 6.39. The molecular formula is C15H17NO2. The number of H-pyrrole nitrogens is 1. The number of esters is 1. The molecule has 1 heterocycles. The molecule has 2 aromatic rings. The van der Waals surface area contributed by atoms with E-state index in [1.807, 2.05) is 6.92 Å². The standard InChI is InChI=1S/C15H17NO2/c1-9-12(8-15(17)18-2)13-6-10-4-3-5-11(10)7-14(13)16-9/h6-7,16H,3-5,8H2,1-2H3. The third-order valence-electron chi connectivity index (χ3n) is 3.88. The van der Waals surface area contributed by atoms with Crippen molar-refractivity contribution in [2.24, 2.45) is 0 Å². The average molecular weight is 243 g/mol. The number of fused-ring (bicyclic) bond motifs is 2. The molecule has 0 fully saturated rings. The predicted octanol–water partition coefficient (Wildman–Crippen LogP) is 2.68. The fourth-order valence-electron chi connectivity index (χ4n) is 2.90. The van der Waals surface area contributed by atoms with Gasteiger partial charge in [-0.25, -0.2) is 0 Å². The average Bonchev–Trinajstić information content (AvgIpc) is 2.91. The van der Waals surface area contributed by atoms with Crippen LogP contribution in [0.1, 0.15) is 28.8 Å². The molecule has 1 aromatic heterocycles. The number of rotatable bonds is 2. The Balaban J connectivity index is 2.13. The summed E-state index contributed by atoms with van der Waals surface area (Å²) in [4.78, 5) is 14.9. The van der Waals surface area contributed by atoms with E-state index < -0.39 is 0 Å². The van der Waals surface area contributed by atoms with Crippen LogP contribution < -0.4 is 0 Å². The van der Waals surface area contributed by atoms with Crippen molar-refractivity contribution in [3.05, 3.63) is 34.5 Å². The number of aromatic amines is 1. The van der Waals surface area contributed by atoms with Gasteiger partial charge in [0.1, 0.15) is 0 Å². The normalized spacial score (nSPS) is 13.9. The molecule has 18 heavy (non-hydrogen) atoms. The molecule has 1 aliphatic carbocycles. The van der Waals surface area contributed by atoms with Gasteiger partial charge in [0.25, 0.3) is 0 Å². The summed E-state index contributed by atoms with van der Waals surface area (Å²) in [5.41, 5.74) is 6.18. The van der Waals surface area contributed by atoms with E-state index in [1.165, 1.54) is 36.5 Å². The molecule has 0 radical (unpaired) electrons. The number of hydrogen-bond acceptors (Lipinski definition) is 2. The molecule has 1 N–H and O–H groups in total. The molecule has 0 spiro atoms. The van der Waals surface area contributed by atoms with Crippen LogP contribution in [0, 0.1) is 6.92 Å². The van der Waals surface area contributed by atoms with E-state index in [-0.39, 0.29) is 5.97 Å². The molecule has 3 heteroatoms. The molecule has 3 rings (SSSR count). The van der Waals surface area contributed by atoms with Crippen molar-refractivity contribution in [2.75, 3.05) is 7.11 Å². The molecule has 94 valence electrons. The number of aromatic nitrogens is 1. The lowest BCUT2D eigenvalue weighted by Gasteiger charge is -2.02. The van der Waals surface area contributed by atoms with Gasteiger partial charge in [0.05, 0.1) is 13.5 Å². The van der Waals surface area contributed by atoms with Gasteiger partial charge in [-0.2, -0.15) is 0 Å². The summed E-state index contributed by atoms with van der Waals surface area (Å²) in [6.07, 6.45) is 3.93. The Morgan fingerprint density at radius 2 is 2.06 bits per heavy atom. The molecule has 0 aliphatic heterocycles. The number of aryl methyl sites for hydroxylation is 3. The first-order valence-corrected chi connectivity index (χ1v) is 6.39. The van der Waals surface area contributed by atoms with Gasteiger partial charge in [0.2, 0.25) is 0 Å². The number of ether oxygens (including phenoxy) is 1. The molecular weight excluding hydrogens is 226 g/mol. The molecule has 1 aliphatic rings. The minimum Gasteiger partial charge on any atom is -0.469 e. The lowest BCUT2D eigenvalue weighted by atomic mass is 10.0. The first-order chi connectivity index (χ1) is 8.69. The summed E-state index contributed by atoms with van der Waals surface area (Å²) in [7, 11) is 1.43. The lowest BCUT2D eigenvalue weighted by molar-refractivity contribution is -0.139. The Hall–Kier alpha value is -1.77. The predicted molar refractivity (Wildman–Crippen MR) is 70.8 cm³/mol. The van der Waals surface area contributed by atoms with Gasteiger partial charge >= 0.3 is 5.97 Å². The SMILES string of the molecule is COC(=O)Cc1c(C)[nH]c2cc3c(cc12)CCC3. The highest BCUT2D eigenvalue weighted by molar-refractivity contribution is 5.90. The molecule has 0 saturated carbocycles. The summed E-state index contributed by atoms with van der Waals surface area (Å²) in [5.74, 6) is -0.181. The number of hydrogen-bond donors (Lipinski definition) is 1. The largest absolute Gasteiger partial charge is 0.469 e. The molecule has 0 amide bonds. The van der Waals surface area contributed by atoms with Crippen molar-refractivity contribution >= 4 is 16.9 Å². The number of nitrogens with one attached hydrogen (secondary N) is 1. The second kappa shape index (κ2) is 4.16. The van der Waals surface area contributed by atoms with Crippen LogP contribution in [0.4, 0.5) is 0 Å². The summed E-state index contributed by atoms with van der Waals surface area (Å²) in [6, 6.07) is 4.49. The third-order valence-corrected chi connectivity index (χ3v) is 3.88. The zero-order valence-electron chi connectivity index (χ0n) is 10.8. The van der Waals surface area contributed by atoms with E-state index in [0.29, 0.717) is 6.42 Å². The summed E-state index contributed by atoms with van der Waals surface area (Å²) >= 11 is 0. The van der Waals surface area contributed by atoms with E-state index in [0.717, 1.165) is 23.2 Å². The number of carbonyl (C=O) groups is 1. The van der Waals surface area contributed by atoms with Gasteiger partial charge < -0.3 is 9.72 Å². The highest BCUT2D eigenvalue weighted by Gasteiger charge is 2.17. The van der Waals surface area contributed by atoms with E-state index in [4.69, 9.17) is 4.74 Å². The third kappa shape index (κ3) is 1.70. The fraction of sp³-hybridized carbons (Fsp3) is 0.400. The number of benzene rings is 1. The monoisotopic (exact) mass is 243 g/mol. The quantitative estimate of drug-likeness (QED) is 0.824. The van der Waals surface area contributed by atoms with Crippen LogP contribution >= 0.6 is 0 Å². The molecule has 1 aromatic carbocycles. The molecule has 0 atom stereocenters. The van der Waals surface area contributed by atoms with Crippen LogP contribution in [0.15, 0.2) is 12.1 Å². The smallest absolute Gasteiger partial charge is 0.310 e. The topological polar surface area (TPSA) is 42.1 Å². The van der Waals surface area contributed by atoms with Crippen LogP contribution in [-0.4, -0.2) is 18.1 Å². The zero-order chi connectivity index (χ0) is 12.7. The fourth-order valence-corrected chi connectivity index (χ4v) is 2.90. The minimum atomic E-state index is -0.181. The Morgan fingerprint density at radius 3 is 2.78 bits per heavy atom. The number of carbonyl (C=O) groups excluding carboxylic acids is 1. The van der Waals surface area contributed by atoms with E-state index in [9.17, 15) is 4.79 Å². The van der Waals surface area contributed by atoms with Gasteiger partial charge in [-0.15, -0.1) is 0 Å². The Bertz CT molecular complexity index is 625. The van der Waals surface area contributed by atoms with Crippen LogP contribution in [0.5, 0.6) is 0 Å². The van der Waals surface area contributed by atoms with Gasteiger partial charge in [0, 0.05) is 16.6 Å². The van der Waals surface area contributed by atoms with Crippen molar-refractivity contribution in [2.45, 2.75) is 32.6 Å². The maximum Gasteiger partial charge on any atom is 0.310 e. The maximum absolute atomic E-state index is 11.5. The van der Waals surface area contributed by atoms with Gasteiger partial charge in [0.15, 0.2) is 0 Å². The van der Waals surface area contributed by atoms with Crippen molar-refractivity contribution in [3.8, 4) is 0 Å². The van der Waals surface area contributed by atoms with Crippen molar-refractivity contribution < 1.29 is 9.53 Å². The van der Waals surface area contributed by atoms with Crippen molar-refractivity contribution in [1.82, 2.24) is 4.98 Å². The second-order valence-electron chi connectivity index (χ2n) is 5.00. The van der Waals surface area contributed by atoms with Gasteiger partial charge in [-0.3, -0.25) is 4.79 Å². The summed E-state index contributed by atoms with van der Waals surface area (Å²) < 4.78 is 4.77. The van der Waals surface area contributed by atoms with Gasteiger partial charge in [-0.1, -0.05) is 0 Å². The highest BCUT2D eigenvalue weighted by Crippen LogP contribution is 2.30. The summed E-state index contributed by atoms with van der Waals surface area (Å²) in [5, 5.41) is 1.18. The number of methoxy groups -OCH3 is 1. The Labute approximate surface area is 106 Å². The van der Waals surface area contributed by atoms with Crippen LogP contribution in [0.2, 0.25) is 0 Å². The summed E-state index contributed by atoms with van der Waals surface area (Å²) in [6.45, 7) is 2.02. The van der Waals surface area contributed by atoms with Crippen molar-refractivity contribution in [1.29, 1.82) is 0 Å². The Morgan fingerprint density at radius 1 is 1.33 bits per heavy atom. The lowest BCUT2D eigenvalue weighted by Crippen LogP contribution is -2.05. The second-order valence-corrected chi connectivity index (χ2v) is 5.00. The maximum atomic E-state index is 11.5. The van der Waals surface area contributed by atoms with Crippen LogP contribution in [-0.2, 0) is 28.8 Å².